The molecule has 1 fully saturated rings. The van der Waals surface area contributed by atoms with Gasteiger partial charge in [0.05, 0.1) is 32.0 Å². The van der Waals surface area contributed by atoms with Crippen molar-refractivity contribution in [1.29, 1.82) is 0 Å². The molecule has 1 heterocycles. The molecule has 0 aliphatic carbocycles. The number of ether oxygens (including phenoxy) is 3. The number of nitrogens with one attached hydrogen (secondary N) is 1. The smallest absolute Gasteiger partial charge is 0.305 e. The lowest BCUT2D eigenvalue weighted by atomic mass is 9.99. The predicted molar refractivity (Wildman–Crippen MR) is 306 cm³/mol. The number of esters is 1. The summed E-state index contributed by atoms with van der Waals surface area (Å²) in [4.78, 5) is 25.0. The highest BCUT2D eigenvalue weighted by Crippen LogP contribution is 2.23. The highest BCUT2D eigenvalue weighted by atomic mass is 16.7. The monoisotopic (exact) mass is 1040 g/mol. The molecule has 11 nitrogen and oxygen atoms in total. The van der Waals surface area contributed by atoms with Gasteiger partial charge in [-0.15, -0.1) is 0 Å². The Morgan fingerprint density at radius 2 is 0.919 bits per heavy atom. The summed E-state index contributed by atoms with van der Waals surface area (Å²) in [5.74, 6) is -0.265. The van der Waals surface area contributed by atoms with Crippen molar-refractivity contribution in [2.45, 2.75) is 294 Å². The van der Waals surface area contributed by atoms with Crippen LogP contribution in [0.25, 0.3) is 0 Å². The number of allylic oxidation sites excluding steroid dienone is 10. The minimum atomic E-state index is -1.58. The molecule has 1 aliphatic rings. The zero-order chi connectivity index (χ0) is 53.8. The Morgan fingerprint density at radius 3 is 1.45 bits per heavy atom. The lowest BCUT2D eigenvalue weighted by molar-refractivity contribution is -0.302. The van der Waals surface area contributed by atoms with Crippen molar-refractivity contribution in [3.63, 3.8) is 0 Å². The molecular formula is C63H111NO10. The van der Waals surface area contributed by atoms with Crippen LogP contribution in [-0.4, -0.2) is 100 Å². The van der Waals surface area contributed by atoms with Gasteiger partial charge in [-0.05, 0) is 96.3 Å². The van der Waals surface area contributed by atoms with Crippen LogP contribution in [0.5, 0.6) is 0 Å². The third-order valence-corrected chi connectivity index (χ3v) is 13.8. The second kappa shape index (κ2) is 52.2. The number of hydrogen-bond donors (Lipinski definition) is 6. The minimum absolute atomic E-state index is 0.0635. The number of amides is 1. The van der Waals surface area contributed by atoms with E-state index in [1.165, 1.54) is 135 Å². The van der Waals surface area contributed by atoms with Gasteiger partial charge >= 0.3 is 5.97 Å². The second-order valence-corrected chi connectivity index (χ2v) is 20.7. The van der Waals surface area contributed by atoms with E-state index in [4.69, 9.17) is 14.2 Å². The van der Waals surface area contributed by atoms with Crippen LogP contribution in [0.2, 0.25) is 0 Å². The quantitative estimate of drug-likeness (QED) is 0.0195. The van der Waals surface area contributed by atoms with Gasteiger partial charge in [0.15, 0.2) is 6.29 Å². The zero-order valence-corrected chi connectivity index (χ0v) is 47.0. The average molecular weight is 1040 g/mol. The summed E-state index contributed by atoms with van der Waals surface area (Å²) in [5, 5.41) is 54.1. The summed E-state index contributed by atoms with van der Waals surface area (Å²) < 4.78 is 16.6. The Balaban J connectivity index is 2.03. The van der Waals surface area contributed by atoms with Crippen molar-refractivity contribution in [2.24, 2.45) is 0 Å². The van der Waals surface area contributed by atoms with E-state index < -0.39 is 49.5 Å². The Morgan fingerprint density at radius 1 is 0.500 bits per heavy atom. The molecule has 11 heteroatoms. The average Bonchev–Trinajstić information content (AvgIpc) is 3.40. The topological polar surface area (TPSA) is 175 Å². The van der Waals surface area contributed by atoms with E-state index >= 15 is 0 Å². The fourth-order valence-electron chi connectivity index (χ4n) is 8.96. The first-order chi connectivity index (χ1) is 36.2. The van der Waals surface area contributed by atoms with Gasteiger partial charge in [-0.1, -0.05) is 215 Å². The number of rotatable bonds is 51. The van der Waals surface area contributed by atoms with Crippen molar-refractivity contribution in [2.75, 3.05) is 19.8 Å². The third-order valence-electron chi connectivity index (χ3n) is 13.8. The lowest BCUT2D eigenvalue weighted by Gasteiger charge is -2.40. The molecular weight excluding hydrogens is 931 g/mol. The van der Waals surface area contributed by atoms with Crippen LogP contribution in [0.15, 0.2) is 72.9 Å². The second-order valence-electron chi connectivity index (χ2n) is 20.7. The van der Waals surface area contributed by atoms with Crippen LogP contribution in [0.1, 0.15) is 251 Å². The standard InChI is InChI=1S/C63H111NO10/c1-3-5-7-9-11-13-14-15-16-25-28-31-35-39-43-47-51-59(68)72-52-48-44-40-36-32-29-26-23-21-19-17-18-20-22-24-27-30-34-38-42-46-50-58(67)64-55(56(66)49-45-41-37-33-12-10-8-6-4-2)54-73-63-62(71)61(70)60(69)57(53-65)74-63/h12-14,16,25,29,32-33,40,44-45,49,55-57,60-63,65-66,69-71H,3-11,15,17-24,26-28,30-31,34-39,41-43,46-48,50-54H2,1-2H3,(H,64,67)/b14-13-,25-16-,32-29-,33-12+,44-40-,49-45+. The van der Waals surface area contributed by atoms with Crippen LogP contribution in [0, 0.1) is 0 Å². The molecule has 428 valence electrons. The van der Waals surface area contributed by atoms with Crippen LogP contribution in [0.4, 0.5) is 0 Å². The molecule has 1 amide bonds. The fourth-order valence-corrected chi connectivity index (χ4v) is 8.96. The molecule has 1 aliphatic heterocycles. The van der Waals surface area contributed by atoms with Crippen molar-refractivity contribution in [3.8, 4) is 0 Å². The van der Waals surface area contributed by atoms with Crippen molar-refractivity contribution >= 4 is 11.9 Å². The van der Waals surface area contributed by atoms with E-state index in [-0.39, 0.29) is 18.5 Å². The first-order valence-corrected chi connectivity index (χ1v) is 30.2. The van der Waals surface area contributed by atoms with E-state index in [0.29, 0.717) is 19.4 Å². The molecule has 0 bridgehead atoms. The first-order valence-electron chi connectivity index (χ1n) is 30.2. The Labute approximate surface area is 451 Å². The number of hydrogen-bond acceptors (Lipinski definition) is 10. The van der Waals surface area contributed by atoms with Crippen molar-refractivity contribution < 1.29 is 49.3 Å². The molecule has 0 radical (unpaired) electrons. The SMILES string of the molecule is CCCCC/C=C/CC/C=C/C(O)C(COC1OC(CO)C(O)C(O)C1O)NC(=O)CCCCCCCCCCCCCCCC/C=C\C/C=C\CCOC(=O)CCCCCCC/C=C\C/C=C\CCCCCC. The maximum Gasteiger partial charge on any atom is 0.305 e. The van der Waals surface area contributed by atoms with Gasteiger partial charge in [0.1, 0.15) is 24.4 Å². The summed E-state index contributed by atoms with van der Waals surface area (Å²) >= 11 is 0. The highest BCUT2D eigenvalue weighted by Gasteiger charge is 2.44. The van der Waals surface area contributed by atoms with Gasteiger partial charge in [0, 0.05) is 12.8 Å². The maximum absolute atomic E-state index is 13.0. The number of aliphatic hydroxyl groups is 5. The van der Waals surface area contributed by atoms with Crippen molar-refractivity contribution in [3.05, 3.63) is 72.9 Å². The molecule has 0 aromatic rings. The summed E-state index contributed by atoms with van der Waals surface area (Å²) in [7, 11) is 0. The summed E-state index contributed by atoms with van der Waals surface area (Å²) in [6.07, 6.45) is 58.9. The van der Waals surface area contributed by atoms with Crippen LogP contribution in [0.3, 0.4) is 0 Å². The molecule has 0 spiro atoms. The Bertz CT molecular complexity index is 1460. The number of carbonyl (C=O) groups is 2. The molecule has 7 unspecified atom stereocenters. The van der Waals surface area contributed by atoms with Crippen molar-refractivity contribution in [1.82, 2.24) is 5.32 Å². The predicted octanol–water partition coefficient (Wildman–Crippen LogP) is 14.0. The Kier molecular flexibility index (Phi) is 48.7. The van der Waals surface area contributed by atoms with E-state index in [9.17, 15) is 35.1 Å². The summed E-state index contributed by atoms with van der Waals surface area (Å²) in [5.41, 5.74) is 0. The summed E-state index contributed by atoms with van der Waals surface area (Å²) in [6, 6.07) is -0.832. The van der Waals surface area contributed by atoms with E-state index in [1.54, 1.807) is 6.08 Å². The molecule has 74 heavy (non-hydrogen) atoms. The molecule has 0 aromatic carbocycles. The number of unbranched alkanes of at least 4 members (excludes halogenated alkanes) is 27. The van der Waals surface area contributed by atoms with E-state index in [1.807, 2.05) is 6.08 Å². The molecule has 0 aromatic heterocycles. The lowest BCUT2D eigenvalue weighted by Crippen LogP contribution is -2.60. The molecule has 1 saturated heterocycles. The van der Waals surface area contributed by atoms with Gasteiger partial charge in [-0.2, -0.15) is 0 Å². The molecule has 1 rings (SSSR count). The normalized spacial score (nSPS) is 19.4. The maximum atomic E-state index is 13.0. The zero-order valence-electron chi connectivity index (χ0n) is 47.0. The first kappa shape index (κ1) is 69.1. The van der Waals surface area contributed by atoms with Gasteiger partial charge < -0.3 is 45.1 Å². The van der Waals surface area contributed by atoms with E-state index in [2.05, 4.69) is 79.9 Å². The number of aliphatic hydroxyl groups excluding tert-OH is 5. The van der Waals surface area contributed by atoms with Crippen LogP contribution >= 0.6 is 0 Å². The minimum Gasteiger partial charge on any atom is -0.465 e. The highest BCUT2D eigenvalue weighted by molar-refractivity contribution is 5.76. The van der Waals surface area contributed by atoms with Crippen LogP contribution < -0.4 is 5.32 Å². The third kappa shape index (κ3) is 41.3. The molecule has 0 saturated carbocycles. The number of carbonyl (C=O) groups excluding carboxylic acids is 2. The van der Waals surface area contributed by atoms with Gasteiger partial charge in [0.2, 0.25) is 5.91 Å². The largest absolute Gasteiger partial charge is 0.465 e. The van der Waals surface area contributed by atoms with Gasteiger partial charge in [-0.3, -0.25) is 9.59 Å². The van der Waals surface area contributed by atoms with E-state index in [0.717, 1.165) is 89.9 Å². The molecule has 6 N–H and O–H groups in total. The van der Waals surface area contributed by atoms with Gasteiger partial charge in [-0.25, -0.2) is 0 Å². The van der Waals surface area contributed by atoms with Gasteiger partial charge in [0.25, 0.3) is 0 Å². The van der Waals surface area contributed by atoms with Crippen LogP contribution in [-0.2, 0) is 23.8 Å². The fraction of sp³-hybridized carbons (Fsp3) is 0.778. The Hall–Kier alpha value is -2.90. The summed E-state index contributed by atoms with van der Waals surface area (Å²) in [6.45, 7) is 4.13. The molecule has 7 atom stereocenters.